The highest BCUT2D eigenvalue weighted by atomic mass is 15.3. The summed E-state index contributed by atoms with van der Waals surface area (Å²) < 4.78 is 0. The van der Waals surface area contributed by atoms with Gasteiger partial charge in [-0.2, -0.15) is 5.10 Å². The first-order valence-corrected chi connectivity index (χ1v) is 4.26. The van der Waals surface area contributed by atoms with Crippen LogP contribution in [-0.4, -0.2) is 12.3 Å². The first-order chi connectivity index (χ1) is 5.00. The summed E-state index contributed by atoms with van der Waals surface area (Å²) in [5.74, 6) is 0.736. The van der Waals surface area contributed by atoms with Gasteiger partial charge in [-0.3, -0.25) is 0 Å². The molecule has 2 nitrogen and oxygen atoms in total. The van der Waals surface area contributed by atoms with Crippen LogP contribution in [0.1, 0.15) is 34.1 Å². The van der Waals surface area contributed by atoms with Crippen LogP contribution >= 0.6 is 0 Å². The first-order valence-electron chi connectivity index (χ1n) is 4.26. The number of nitrogens with zero attached hydrogens (tertiary/aromatic N) is 1. The fourth-order valence-corrected chi connectivity index (χ4v) is 1.38. The molecule has 0 aromatic rings. The highest BCUT2D eigenvalue weighted by molar-refractivity contribution is 5.82. The van der Waals surface area contributed by atoms with Gasteiger partial charge in [0.05, 0.1) is 0 Å². The lowest BCUT2D eigenvalue weighted by atomic mass is 9.77. The summed E-state index contributed by atoms with van der Waals surface area (Å²) in [4.78, 5) is 0. The smallest absolute Gasteiger partial charge is 0.0366 e. The predicted molar refractivity (Wildman–Crippen MR) is 48.7 cm³/mol. The Morgan fingerprint density at radius 1 is 1.45 bits per heavy atom. The van der Waals surface area contributed by atoms with Crippen molar-refractivity contribution in [3.8, 4) is 0 Å². The topological polar surface area (TPSA) is 24.4 Å². The van der Waals surface area contributed by atoms with Crippen molar-refractivity contribution in [2.45, 2.75) is 34.1 Å². The minimum absolute atomic E-state index is 0.407. The number of rotatable bonds is 0. The first kappa shape index (κ1) is 8.57. The zero-order valence-electron chi connectivity index (χ0n) is 7.94. The van der Waals surface area contributed by atoms with E-state index in [0.29, 0.717) is 5.41 Å². The SMILES string of the molecule is CC1=NNCC(C(C)(C)C)C1. The number of hydrogen-bond donors (Lipinski definition) is 1. The van der Waals surface area contributed by atoms with Crippen molar-refractivity contribution < 1.29 is 0 Å². The maximum Gasteiger partial charge on any atom is 0.0366 e. The van der Waals surface area contributed by atoms with E-state index in [2.05, 4.69) is 38.2 Å². The molecule has 1 N–H and O–H groups in total. The fraction of sp³-hybridized carbons (Fsp3) is 0.889. The van der Waals surface area contributed by atoms with E-state index in [1.165, 1.54) is 5.71 Å². The minimum atomic E-state index is 0.407. The van der Waals surface area contributed by atoms with Gasteiger partial charge in [-0.05, 0) is 24.7 Å². The van der Waals surface area contributed by atoms with Crippen molar-refractivity contribution in [2.24, 2.45) is 16.4 Å². The summed E-state index contributed by atoms with van der Waals surface area (Å²) in [6, 6.07) is 0. The van der Waals surface area contributed by atoms with E-state index in [1.807, 2.05) is 0 Å². The van der Waals surface area contributed by atoms with Crippen molar-refractivity contribution in [2.75, 3.05) is 6.54 Å². The fourth-order valence-electron chi connectivity index (χ4n) is 1.38. The molecule has 0 saturated carbocycles. The summed E-state index contributed by atoms with van der Waals surface area (Å²) in [7, 11) is 0. The van der Waals surface area contributed by atoms with E-state index in [9.17, 15) is 0 Å². The molecule has 0 aliphatic carbocycles. The molecule has 0 radical (unpaired) electrons. The van der Waals surface area contributed by atoms with Gasteiger partial charge in [-0.1, -0.05) is 20.8 Å². The Morgan fingerprint density at radius 2 is 2.09 bits per heavy atom. The second-order valence-corrected chi connectivity index (χ2v) is 4.48. The average molecular weight is 154 g/mol. The van der Waals surface area contributed by atoms with E-state index in [4.69, 9.17) is 0 Å². The molecule has 64 valence electrons. The molecule has 0 amide bonds. The van der Waals surface area contributed by atoms with Crippen LogP contribution in [0.15, 0.2) is 5.10 Å². The predicted octanol–water partition coefficient (Wildman–Crippen LogP) is 2.02. The van der Waals surface area contributed by atoms with Gasteiger partial charge in [0.2, 0.25) is 0 Å². The molecular weight excluding hydrogens is 136 g/mol. The summed E-state index contributed by atoms with van der Waals surface area (Å²) >= 11 is 0. The molecule has 11 heavy (non-hydrogen) atoms. The van der Waals surface area contributed by atoms with Gasteiger partial charge >= 0.3 is 0 Å². The Kier molecular flexibility index (Phi) is 2.21. The normalized spacial score (nSPS) is 25.8. The molecule has 1 rings (SSSR count). The maximum atomic E-state index is 4.16. The van der Waals surface area contributed by atoms with Gasteiger partial charge in [-0.15, -0.1) is 0 Å². The molecule has 0 spiro atoms. The largest absolute Gasteiger partial charge is 0.310 e. The third-order valence-electron chi connectivity index (χ3n) is 2.37. The van der Waals surface area contributed by atoms with Crippen LogP contribution in [0.4, 0.5) is 0 Å². The lowest BCUT2D eigenvalue weighted by Crippen LogP contribution is -2.35. The van der Waals surface area contributed by atoms with Crippen molar-refractivity contribution >= 4 is 5.71 Å². The second kappa shape index (κ2) is 2.84. The molecule has 1 atom stereocenters. The molecule has 0 aromatic carbocycles. The summed E-state index contributed by atoms with van der Waals surface area (Å²) in [5, 5.41) is 4.16. The van der Waals surface area contributed by atoms with Gasteiger partial charge in [0.15, 0.2) is 0 Å². The molecule has 0 fully saturated rings. The van der Waals surface area contributed by atoms with E-state index >= 15 is 0 Å². The van der Waals surface area contributed by atoms with Crippen LogP contribution in [0, 0.1) is 11.3 Å². The van der Waals surface area contributed by atoms with Crippen molar-refractivity contribution in [1.29, 1.82) is 0 Å². The summed E-state index contributed by atoms with van der Waals surface area (Å²) in [6.07, 6.45) is 1.15. The van der Waals surface area contributed by atoms with Crippen molar-refractivity contribution in [3.05, 3.63) is 0 Å². The van der Waals surface area contributed by atoms with Crippen LogP contribution in [0.5, 0.6) is 0 Å². The lowest BCUT2D eigenvalue weighted by Gasteiger charge is -2.32. The molecule has 1 heterocycles. The van der Waals surface area contributed by atoms with Crippen LogP contribution in [0.3, 0.4) is 0 Å². The van der Waals surface area contributed by atoms with Gasteiger partial charge in [0.1, 0.15) is 0 Å². The molecule has 0 bridgehead atoms. The van der Waals surface area contributed by atoms with Gasteiger partial charge in [-0.25, -0.2) is 0 Å². The number of nitrogens with one attached hydrogen (secondary N) is 1. The molecular formula is C9H18N2. The highest BCUT2D eigenvalue weighted by Crippen LogP contribution is 2.29. The molecule has 1 aliphatic rings. The standard InChI is InChI=1S/C9H18N2/c1-7-5-8(6-10-11-7)9(2,3)4/h8,10H,5-6H2,1-4H3. The molecule has 1 aliphatic heterocycles. The quantitative estimate of drug-likeness (QED) is 0.567. The maximum absolute atomic E-state index is 4.16. The Balaban J connectivity index is 2.58. The Morgan fingerprint density at radius 3 is 2.45 bits per heavy atom. The van der Waals surface area contributed by atoms with Crippen LogP contribution in [0.2, 0.25) is 0 Å². The van der Waals surface area contributed by atoms with Crippen LogP contribution < -0.4 is 5.43 Å². The van der Waals surface area contributed by atoms with Gasteiger partial charge in [0, 0.05) is 12.3 Å². The summed E-state index contributed by atoms with van der Waals surface area (Å²) in [6.45, 7) is 9.99. The molecule has 0 aromatic heterocycles. The second-order valence-electron chi connectivity index (χ2n) is 4.48. The highest BCUT2D eigenvalue weighted by Gasteiger charge is 2.26. The Hall–Kier alpha value is -0.530. The number of hydrogen-bond acceptors (Lipinski definition) is 2. The van der Waals surface area contributed by atoms with Gasteiger partial charge in [0.25, 0.3) is 0 Å². The van der Waals surface area contributed by atoms with Crippen molar-refractivity contribution in [1.82, 2.24) is 5.43 Å². The summed E-state index contributed by atoms with van der Waals surface area (Å²) in [5.41, 5.74) is 4.72. The molecule has 0 saturated heterocycles. The van der Waals surface area contributed by atoms with Gasteiger partial charge < -0.3 is 5.43 Å². The molecule has 2 heteroatoms. The van der Waals surface area contributed by atoms with Crippen LogP contribution in [0.25, 0.3) is 0 Å². The molecule has 1 unspecified atom stereocenters. The van der Waals surface area contributed by atoms with E-state index in [1.54, 1.807) is 0 Å². The zero-order chi connectivity index (χ0) is 8.48. The average Bonchev–Trinajstić information content (AvgIpc) is 1.86. The van der Waals surface area contributed by atoms with Crippen LogP contribution in [-0.2, 0) is 0 Å². The number of hydrazone groups is 1. The third kappa shape index (κ3) is 2.21. The lowest BCUT2D eigenvalue weighted by molar-refractivity contribution is 0.232. The minimum Gasteiger partial charge on any atom is -0.310 e. The van der Waals surface area contributed by atoms with E-state index in [0.717, 1.165) is 18.9 Å². The monoisotopic (exact) mass is 154 g/mol. The third-order valence-corrected chi connectivity index (χ3v) is 2.37. The Labute approximate surface area is 69.1 Å². The zero-order valence-corrected chi connectivity index (χ0v) is 7.94. The van der Waals surface area contributed by atoms with E-state index < -0.39 is 0 Å². The Bertz CT molecular complexity index is 165. The van der Waals surface area contributed by atoms with E-state index in [-0.39, 0.29) is 0 Å². The van der Waals surface area contributed by atoms with Crippen molar-refractivity contribution in [3.63, 3.8) is 0 Å².